The van der Waals surface area contributed by atoms with E-state index in [9.17, 15) is 4.79 Å². The largest absolute Gasteiger partial charge is 0.462 e. The SMILES string of the molecule is CCC1=C(C)/C(=C(\c2ccc(OC(C)=O)cc2)c2c(C)c(CC)c(C)n2B(C)F)N=C1C. The minimum Gasteiger partial charge on any atom is -0.427 e. The highest BCUT2D eigenvalue weighted by atomic mass is 19.1. The van der Waals surface area contributed by atoms with Gasteiger partial charge in [0.1, 0.15) is 5.75 Å². The van der Waals surface area contributed by atoms with Crippen LogP contribution >= 0.6 is 0 Å². The lowest BCUT2D eigenvalue weighted by Gasteiger charge is -2.18. The van der Waals surface area contributed by atoms with Crippen molar-refractivity contribution < 1.29 is 13.8 Å². The number of esters is 1. The van der Waals surface area contributed by atoms with Gasteiger partial charge in [0.15, 0.2) is 0 Å². The van der Waals surface area contributed by atoms with E-state index >= 15 is 4.32 Å². The Morgan fingerprint density at radius 3 is 2.19 bits per heavy atom. The topological polar surface area (TPSA) is 43.6 Å². The fourth-order valence-corrected chi connectivity index (χ4v) is 4.92. The van der Waals surface area contributed by atoms with E-state index in [0.29, 0.717) is 5.75 Å². The van der Waals surface area contributed by atoms with Crippen molar-refractivity contribution in [3.8, 4) is 5.75 Å². The fourth-order valence-electron chi connectivity index (χ4n) is 4.92. The highest BCUT2D eigenvalue weighted by molar-refractivity contribution is 6.48. The smallest absolute Gasteiger partial charge is 0.427 e. The molecular formula is C26H32BFN2O2. The molecule has 1 aromatic heterocycles. The highest BCUT2D eigenvalue weighted by Gasteiger charge is 2.29. The number of carbonyl (C=O) groups excluding carboxylic acids is 1. The summed E-state index contributed by atoms with van der Waals surface area (Å²) in [6, 6.07) is 7.39. The lowest BCUT2D eigenvalue weighted by Crippen LogP contribution is -2.19. The quantitative estimate of drug-likeness (QED) is 0.296. The molecule has 1 aliphatic rings. The molecule has 0 spiro atoms. The molecule has 0 N–H and O–H groups in total. The molecule has 0 bridgehead atoms. The van der Waals surface area contributed by atoms with Crippen molar-refractivity contribution in [3.63, 3.8) is 0 Å². The van der Waals surface area contributed by atoms with Crippen LogP contribution < -0.4 is 4.74 Å². The van der Waals surface area contributed by atoms with Crippen LogP contribution in [0.5, 0.6) is 5.75 Å². The van der Waals surface area contributed by atoms with Crippen LogP contribution in [0.4, 0.5) is 4.32 Å². The number of hydrogen-bond donors (Lipinski definition) is 0. The maximum Gasteiger partial charge on any atom is 0.462 e. The number of ether oxygens (including phenoxy) is 1. The third-order valence-corrected chi connectivity index (χ3v) is 6.31. The molecule has 1 aromatic carbocycles. The average molecular weight is 434 g/mol. The lowest BCUT2D eigenvalue weighted by atomic mass is 9.87. The van der Waals surface area contributed by atoms with Gasteiger partial charge in [-0.2, -0.15) is 0 Å². The zero-order valence-electron chi connectivity index (χ0n) is 20.4. The van der Waals surface area contributed by atoms with Gasteiger partial charge in [0, 0.05) is 29.6 Å². The molecule has 6 heteroatoms. The second-order valence-electron chi connectivity index (χ2n) is 8.33. The molecule has 0 aliphatic carbocycles. The molecule has 0 saturated heterocycles. The number of nitrogens with zero attached hydrogens (tertiary/aromatic N) is 2. The van der Waals surface area contributed by atoms with Gasteiger partial charge in [0.2, 0.25) is 0 Å². The Morgan fingerprint density at radius 2 is 1.72 bits per heavy atom. The third-order valence-electron chi connectivity index (χ3n) is 6.31. The summed E-state index contributed by atoms with van der Waals surface area (Å²) in [6.07, 6.45) is 1.72. The Bertz CT molecular complexity index is 1150. The molecular weight excluding hydrogens is 402 g/mol. The Morgan fingerprint density at radius 1 is 1.09 bits per heavy atom. The number of carbonyl (C=O) groups is 1. The molecule has 0 amide bonds. The molecule has 0 fully saturated rings. The van der Waals surface area contributed by atoms with Gasteiger partial charge in [-0.15, -0.1) is 0 Å². The predicted octanol–water partition coefficient (Wildman–Crippen LogP) is 6.49. The van der Waals surface area contributed by atoms with E-state index in [1.165, 1.54) is 12.5 Å². The summed E-state index contributed by atoms with van der Waals surface area (Å²) in [5.74, 6) is 0.118. The minimum atomic E-state index is -1.18. The van der Waals surface area contributed by atoms with Crippen LogP contribution in [0.15, 0.2) is 46.1 Å². The van der Waals surface area contributed by atoms with Gasteiger partial charge in [-0.1, -0.05) is 26.0 Å². The van der Waals surface area contributed by atoms with Crippen LogP contribution in [0.1, 0.15) is 69.1 Å². The first-order chi connectivity index (χ1) is 15.1. The van der Waals surface area contributed by atoms with Crippen LogP contribution in [-0.4, -0.2) is 23.3 Å². The first kappa shape index (κ1) is 23.8. The van der Waals surface area contributed by atoms with Crippen molar-refractivity contribution in [2.75, 3.05) is 0 Å². The predicted molar refractivity (Wildman–Crippen MR) is 131 cm³/mol. The number of allylic oxidation sites excluding steroid dienone is 2. The molecule has 2 heterocycles. The fraction of sp³-hybridized carbons (Fsp3) is 0.385. The molecule has 168 valence electrons. The zero-order chi connectivity index (χ0) is 23.7. The van der Waals surface area contributed by atoms with Crippen molar-refractivity contribution in [1.82, 2.24) is 4.48 Å². The summed E-state index contributed by atoms with van der Waals surface area (Å²) >= 11 is 0. The third kappa shape index (κ3) is 4.11. The lowest BCUT2D eigenvalue weighted by molar-refractivity contribution is -0.131. The van der Waals surface area contributed by atoms with Crippen molar-refractivity contribution in [1.29, 1.82) is 0 Å². The molecule has 2 aromatic rings. The van der Waals surface area contributed by atoms with Crippen molar-refractivity contribution in [3.05, 3.63) is 69.2 Å². The van der Waals surface area contributed by atoms with E-state index in [1.807, 2.05) is 26.0 Å². The van der Waals surface area contributed by atoms with Gasteiger partial charge in [-0.3, -0.25) is 9.79 Å². The van der Waals surface area contributed by atoms with E-state index in [4.69, 9.17) is 9.73 Å². The van der Waals surface area contributed by atoms with E-state index in [0.717, 1.165) is 63.5 Å². The van der Waals surface area contributed by atoms with Gasteiger partial charge >= 0.3 is 13.1 Å². The van der Waals surface area contributed by atoms with Crippen molar-refractivity contribution >= 4 is 24.4 Å². The van der Waals surface area contributed by atoms with Gasteiger partial charge < -0.3 is 13.5 Å². The molecule has 0 unspecified atom stereocenters. The minimum absolute atomic E-state index is 0.363. The van der Waals surface area contributed by atoms with Gasteiger partial charge in [0.05, 0.1) is 5.70 Å². The van der Waals surface area contributed by atoms with Gasteiger partial charge in [-0.25, -0.2) is 0 Å². The standard InChI is InChI=1S/C26H32BFN2O2/c1-9-22-15(3)25(29-17(22)5)24(20-11-13-21(14-12-20)32-19(7)31)26-16(4)23(10-2)18(6)30(26)27(8)28/h11-14H,9-10H2,1-8H3/b25-24-. The highest BCUT2D eigenvalue weighted by Crippen LogP contribution is 2.40. The normalized spacial score (nSPS) is 15.2. The van der Waals surface area contributed by atoms with Crippen LogP contribution in [0.2, 0.25) is 6.82 Å². The van der Waals surface area contributed by atoms with E-state index in [2.05, 4.69) is 27.7 Å². The summed E-state index contributed by atoms with van der Waals surface area (Å²) in [7, 11) is -1.18. The van der Waals surface area contributed by atoms with Crippen LogP contribution in [0, 0.1) is 13.8 Å². The van der Waals surface area contributed by atoms with Crippen LogP contribution in [0.25, 0.3) is 5.57 Å². The van der Waals surface area contributed by atoms with Crippen molar-refractivity contribution in [2.24, 2.45) is 4.99 Å². The van der Waals surface area contributed by atoms with Gasteiger partial charge in [0.25, 0.3) is 0 Å². The molecule has 0 saturated carbocycles. The summed E-state index contributed by atoms with van der Waals surface area (Å²) in [5, 5.41) is 0. The second-order valence-corrected chi connectivity index (χ2v) is 8.33. The number of benzene rings is 1. The Balaban J connectivity index is 2.39. The Labute approximate surface area is 191 Å². The summed E-state index contributed by atoms with van der Waals surface area (Å²) in [6.45, 7) is 15.4. The van der Waals surface area contributed by atoms with E-state index in [1.54, 1.807) is 23.4 Å². The Kier molecular flexibility index (Phi) is 6.92. The summed E-state index contributed by atoms with van der Waals surface area (Å²) < 4.78 is 22.0. The Hall–Kier alpha value is -2.89. The maximum absolute atomic E-state index is 15.0. The summed E-state index contributed by atoms with van der Waals surface area (Å²) in [4.78, 5) is 16.3. The first-order valence-corrected chi connectivity index (χ1v) is 11.3. The molecule has 3 rings (SSSR count). The molecule has 1 aliphatic heterocycles. The zero-order valence-corrected chi connectivity index (χ0v) is 20.4. The number of aliphatic imine (C=N–C) groups is 1. The van der Waals surface area contributed by atoms with Crippen LogP contribution in [0.3, 0.4) is 0 Å². The number of halogens is 1. The summed E-state index contributed by atoms with van der Waals surface area (Å²) in [5.41, 5.74) is 10.1. The van der Waals surface area contributed by atoms with Gasteiger partial charge in [-0.05, 0) is 87.3 Å². The van der Waals surface area contributed by atoms with E-state index < -0.39 is 7.12 Å². The second kappa shape index (κ2) is 9.31. The molecule has 0 atom stereocenters. The average Bonchev–Trinajstić information content (AvgIpc) is 3.15. The molecule has 32 heavy (non-hydrogen) atoms. The maximum atomic E-state index is 15.0. The number of rotatable bonds is 6. The number of aromatic nitrogens is 1. The monoisotopic (exact) mass is 434 g/mol. The van der Waals surface area contributed by atoms with E-state index in [-0.39, 0.29) is 5.97 Å². The molecule has 4 nitrogen and oxygen atoms in total. The number of hydrogen-bond acceptors (Lipinski definition) is 3. The molecule has 0 radical (unpaired) electrons. The van der Waals surface area contributed by atoms with Crippen molar-refractivity contribution in [2.45, 2.75) is 68.1 Å². The van der Waals surface area contributed by atoms with Crippen LogP contribution in [-0.2, 0) is 11.2 Å². The first-order valence-electron chi connectivity index (χ1n) is 11.3.